The van der Waals surface area contributed by atoms with Crippen molar-refractivity contribution in [1.29, 1.82) is 0 Å². The van der Waals surface area contributed by atoms with Gasteiger partial charge in [-0.3, -0.25) is 14.9 Å². The fourth-order valence-corrected chi connectivity index (χ4v) is 1.29. The second-order valence-corrected chi connectivity index (χ2v) is 3.18. The maximum Gasteiger partial charge on any atom is 0.469 e. The lowest BCUT2D eigenvalue weighted by molar-refractivity contribution is -0.714. The van der Waals surface area contributed by atoms with Gasteiger partial charge in [-0.25, -0.2) is 0 Å². The zero-order valence-electron chi connectivity index (χ0n) is 7.42. The van der Waals surface area contributed by atoms with Gasteiger partial charge in [0.25, 0.3) is 0 Å². The molecule has 0 aromatic carbocycles. The highest BCUT2D eigenvalue weighted by molar-refractivity contribution is 4.91. The molecule has 1 rings (SSSR count). The summed E-state index contributed by atoms with van der Waals surface area (Å²) in [6.45, 7) is -0.846. The number of nitrogens with zero attached hydrogens (tertiary/aromatic N) is 1. The Kier molecular flexibility index (Phi) is 3.23. The zero-order chi connectivity index (χ0) is 11.8. The lowest BCUT2D eigenvalue weighted by Crippen LogP contribution is -2.68. The van der Waals surface area contributed by atoms with Crippen molar-refractivity contribution in [2.45, 2.75) is 30.3 Å². The van der Waals surface area contributed by atoms with Gasteiger partial charge < -0.3 is 25.5 Å². The lowest BCUT2D eigenvalue weighted by atomic mass is 9.97. The Morgan fingerprint density at radius 3 is 2.27 bits per heavy atom. The van der Waals surface area contributed by atoms with Gasteiger partial charge in [0.15, 0.2) is 0 Å². The molecule has 9 nitrogen and oxygen atoms in total. The van der Waals surface area contributed by atoms with Crippen LogP contribution in [0.1, 0.15) is 0 Å². The van der Waals surface area contributed by atoms with E-state index in [0.717, 1.165) is 0 Å². The number of hydrogen-bond acceptors (Lipinski definition) is 8. The molecule has 0 aromatic rings. The molecule has 0 radical (unpaired) electrons. The van der Waals surface area contributed by atoms with Crippen LogP contribution in [0.3, 0.4) is 0 Å². The van der Waals surface area contributed by atoms with Crippen molar-refractivity contribution >= 4 is 0 Å². The van der Waals surface area contributed by atoms with Gasteiger partial charge in [-0.1, -0.05) is 0 Å². The molecule has 88 valence electrons. The third kappa shape index (κ3) is 1.80. The van der Waals surface area contributed by atoms with E-state index in [4.69, 9.17) is 10.2 Å². The predicted octanol–water partition coefficient (Wildman–Crippen LogP) is -3.62. The van der Waals surface area contributed by atoms with E-state index in [-0.39, 0.29) is 0 Å². The molecule has 1 aliphatic rings. The van der Waals surface area contributed by atoms with Crippen LogP contribution >= 0.6 is 0 Å². The number of hydrogen-bond donors (Lipinski definition) is 5. The van der Waals surface area contributed by atoms with Crippen LogP contribution in [0, 0.1) is 10.1 Å². The highest BCUT2D eigenvalue weighted by atomic mass is 16.8. The largest absolute Gasteiger partial charge is 0.469 e. The van der Waals surface area contributed by atoms with Crippen molar-refractivity contribution in [3.8, 4) is 0 Å². The Labute approximate surface area is 83.3 Å². The Morgan fingerprint density at radius 2 is 1.87 bits per heavy atom. The second kappa shape index (κ2) is 3.96. The first kappa shape index (κ1) is 12.2. The lowest BCUT2D eigenvalue weighted by Gasteiger charge is -2.39. The quantitative estimate of drug-likeness (QED) is 0.183. The maximum atomic E-state index is 10.4. The Morgan fingerprint density at radius 1 is 1.33 bits per heavy atom. The third-order valence-electron chi connectivity index (χ3n) is 2.21. The first-order valence-electron chi connectivity index (χ1n) is 4.04. The topological polar surface area (TPSA) is 154 Å². The molecule has 0 aliphatic carbocycles. The number of rotatable bonds is 2. The van der Waals surface area contributed by atoms with Crippen LogP contribution in [0.2, 0.25) is 0 Å². The van der Waals surface area contributed by atoms with Gasteiger partial charge in [0.2, 0.25) is 6.10 Å². The molecule has 0 bridgehead atoms. The van der Waals surface area contributed by atoms with Gasteiger partial charge in [-0.05, 0) is 0 Å². The average molecular weight is 225 g/mol. The summed E-state index contributed by atoms with van der Waals surface area (Å²) >= 11 is 0. The third-order valence-corrected chi connectivity index (χ3v) is 2.21. The van der Waals surface area contributed by atoms with Gasteiger partial charge >= 0.3 is 5.91 Å². The van der Waals surface area contributed by atoms with Crippen molar-refractivity contribution in [2.24, 2.45) is 0 Å². The summed E-state index contributed by atoms with van der Waals surface area (Å²) in [6.07, 6.45) is -7.54. The van der Waals surface area contributed by atoms with Crippen molar-refractivity contribution in [1.82, 2.24) is 0 Å². The number of aliphatic hydroxyl groups excluding tert-OH is 4. The summed E-state index contributed by atoms with van der Waals surface area (Å²) in [5, 5.41) is 55.8. The van der Waals surface area contributed by atoms with Crippen LogP contribution < -0.4 is 0 Å². The molecule has 1 fully saturated rings. The van der Waals surface area contributed by atoms with E-state index in [0.29, 0.717) is 0 Å². The predicted molar refractivity (Wildman–Crippen MR) is 41.9 cm³/mol. The van der Waals surface area contributed by atoms with E-state index in [2.05, 4.69) is 4.74 Å². The highest BCUT2D eigenvalue weighted by Gasteiger charge is 2.62. The van der Waals surface area contributed by atoms with E-state index >= 15 is 0 Å². The smallest absolute Gasteiger partial charge is 0.394 e. The molecule has 0 spiro atoms. The van der Waals surface area contributed by atoms with Crippen LogP contribution in [0.4, 0.5) is 0 Å². The Hall–Kier alpha value is -0.840. The first-order valence-corrected chi connectivity index (χ1v) is 4.04. The minimum Gasteiger partial charge on any atom is -0.394 e. The van der Waals surface area contributed by atoms with Crippen molar-refractivity contribution in [3.63, 3.8) is 0 Å². The molecule has 1 unspecified atom stereocenters. The summed E-state index contributed by atoms with van der Waals surface area (Å²) in [5.74, 6) is -3.23. The fourth-order valence-electron chi connectivity index (χ4n) is 1.29. The monoisotopic (exact) mass is 225 g/mol. The first-order chi connectivity index (χ1) is 6.84. The minimum atomic E-state index is -3.23. The van der Waals surface area contributed by atoms with Gasteiger partial charge in [0, 0.05) is 0 Å². The normalized spacial score (nSPS) is 46.5. The number of aliphatic hydroxyl groups is 5. The van der Waals surface area contributed by atoms with Crippen LogP contribution in [0.25, 0.3) is 0 Å². The van der Waals surface area contributed by atoms with E-state index in [1.807, 2.05) is 0 Å². The van der Waals surface area contributed by atoms with Crippen LogP contribution in [0.5, 0.6) is 0 Å². The SMILES string of the molecule is O=[N+]([O-])C1(O)O[C@H](CO)[C@@H](O)[C@H](O)[C@H]1O. The number of nitro groups is 1. The van der Waals surface area contributed by atoms with E-state index in [9.17, 15) is 25.4 Å². The maximum absolute atomic E-state index is 10.4. The summed E-state index contributed by atoms with van der Waals surface area (Å²) in [7, 11) is 0. The van der Waals surface area contributed by atoms with Gasteiger partial charge in [0.1, 0.15) is 18.3 Å². The number of ether oxygens (including phenoxy) is 1. The molecule has 5 atom stereocenters. The molecule has 0 saturated carbocycles. The van der Waals surface area contributed by atoms with Crippen molar-refractivity contribution in [3.05, 3.63) is 10.1 Å². The molecule has 1 heterocycles. The molecule has 9 heteroatoms. The summed E-state index contributed by atoms with van der Waals surface area (Å²) < 4.78 is 4.33. The van der Waals surface area contributed by atoms with E-state index in [1.54, 1.807) is 0 Å². The molecular formula is C6H11NO8. The summed E-state index contributed by atoms with van der Waals surface area (Å²) in [4.78, 5) is 9.04. The van der Waals surface area contributed by atoms with Gasteiger partial charge in [0.05, 0.1) is 11.5 Å². The van der Waals surface area contributed by atoms with Crippen molar-refractivity contribution < 1.29 is 35.2 Å². The molecule has 0 amide bonds. The Bertz CT molecular complexity index is 258. The highest BCUT2D eigenvalue weighted by Crippen LogP contribution is 2.28. The van der Waals surface area contributed by atoms with Gasteiger partial charge in [-0.2, -0.15) is 0 Å². The molecule has 5 N–H and O–H groups in total. The van der Waals surface area contributed by atoms with Crippen molar-refractivity contribution in [2.75, 3.05) is 6.61 Å². The standard InChI is InChI=1S/C6H11NO8/c8-1-2-3(9)4(10)5(11)6(12,15-2)7(13)14/h2-5,8-12H,1H2/t2-,3-,4+,5-,6?/m1/s1. The molecule has 15 heavy (non-hydrogen) atoms. The molecular weight excluding hydrogens is 214 g/mol. The molecule has 0 aromatic heterocycles. The summed E-state index contributed by atoms with van der Waals surface area (Å²) in [5.41, 5.74) is 0. The Balaban J connectivity index is 2.97. The zero-order valence-corrected chi connectivity index (χ0v) is 7.42. The minimum absolute atomic E-state index is 0.846. The summed E-state index contributed by atoms with van der Waals surface area (Å²) in [6, 6.07) is 0. The van der Waals surface area contributed by atoms with Crippen LogP contribution in [-0.4, -0.2) is 67.4 Å². The average Bonchev–Trinajstić information content (AvgIpc) is 2.20. The van der Waals surface area contributed by atoms with Crippen LogP contribution in [0.15, 0.2) is 0 Å². The molecule has 1 aliphatic heterocycles. The fraction of sp³-hybridized carbons (Fsp3) is 1.00. The van der Waals surface area contributed by atoms with E-state index < -0.39 is 41.9 Å². The van der Waals surface area contributed by atoms with E-state index in [1.165, 1.54) is 0 Å². The van der Waals surface area contributed by atoms with Crippen LogP contribution in [-0.2, 0) is 4.74 Å². The molecule has 1 saturated heterocycles. The second-order valence-electron chi connectivity index (χ2n) is 3.18. The van der Waals surface area contributed by atoms with Gasteiger partial charge in [-0.15, -0.1) is 0 Å².